The zero-order valence-corrected chi connectivity index (χ0v) is 10.8. The van der Waals surface area contributed by atoms with E-state index in [0.29, 0.717) is 12.5 Å². The molecule has 1 aliphatic carbocycles. The Labute approximate surface area is 108 Å². The average Bonchev–Trinajstić information content (AvgIpc) is 2.40. The first-order valence-corrected chi connectivity index (χ1v) is 6.69. The van der Waals surface area contributed by atoms with Crippen molar-refractivity contribution in [1.29, 1.82) is 0 Å². The summed E-state index contributed by atoms with van der Waals surface area (Å²) in [6.45, 7) is 2.15. The summed E-state index contributed by atoms with van der Waals surface area (Å²) in [5, 5.41) is 0. The van der Waals surface area contributed by atoms with Crippen molar-refractivity contribution in [2.75, 3.05) is 6.61 Å². The van der Waals surface area contributed by atoms with Crippen LogP contribution in [0.5, 0.6) is 0 Å². The highest BCUT2D eigenvalue weighted by molar-refractivity contribution is 5.60. The van der Waals surface area contributed by atoms with Gasteiger partial charge in [0.05, 0.1) is 6.61 Å². The maximum Gasteiger partial charge on any atom is 0.508 e. The summed E-state index contributed by atoms with van der Waals surface area (Å²) in [5.74, 6) is 0.310. The maximum absolute atomic E-state index is 11.4. The molecule has 0 N–H and O–H groups in total. The number of carbonyl (C=O) groups is 1. The van der Waals surface area contributed by atoms with Gasteiger partial charge in [0.1, 0.15) is 6.10 Å². The summed E-state index contributed by atoms with van der Waals surface area (Å²) in [6.07, 6.45) is 3.74. The molecule has 3 heteroatoms. The molecule has 2 rings (SSSR count). The SMILES string of the molecule is CCOC(=O)O[C@@H]1CCCC[C@@H]1c1ccccc1. The fourth-order valence-electron chi connectivity index (χ4n) is 2.59. The zero-order chi connectivity index (χ0) is 12.8. The smallest absolute Gasteiger partial charge is 0.435 e. The quantitative estimate of drug-likeness (QED) is 0.761. The standard InChI is InChI=1S/C15H20O3/c1-2-17-15(16)18-14-11-7-6-10-13(14)12-8-4-3-5-9-12/h3-5,8-9,13-14H,2,6-7,10-11H2,1H3/t13-,14-/m1/s1. The molecular formula is C15H20O3. The first-order chi connectivity index (χ1) is 8.81. The highest BCUT2D eigenvalue weighted by atomic mass is 16.7. The minimum absolute atomic E-state index is 0.0415. The first-order valence-electron chi connectivity index (χ1n) is 6.69. The molecule has 0 spiro atoms. The normalized spacial score (nSPS) is 23.4. The summed E-state index contributed by atoms with van der Waals surface area (Å²) in [7, 11) is 0. The molecule has 1 aromatic carbocycles. The van der Waals surface area contributed by atoms with Crippen molar-refractivity contribution in [3.05, 3.63) is 35.9 Å². The van der Waals surface area contributed by atoms with Crippen LogP contribution in [0.15, 0.2) is 30.3 Å². The fourth-order valence-corrected chi connectivity index (χ4v) is 2.59. The van der Waals surface area contributed by atoms with Crippen molar-refractivity contribution in [2.24, 2.45) is 0 Å². The second-order valence-electron chi connectivity index (χ2n) is 4.64. The Morgan fingerprint density at radius 2 is 1.94 bits per heavy atom. The van der Waals surface area contributed by atoms with E-state index in [1.807, 2.05) is 18.2 Å². The second kappa shape index (κ2) is 6.43. The van der Waals surface area contributed by atoms with Gasteiger partial charge in [-0.05, 0) is 31.7 Å². The molecule has 1 saturated carbocycles. The third kappa shape index (κ3) is 3.25. The second-order valence-corrected chi connectivity index (χ2v) is 4.64. The Hall–Kier alpha value is -1.51. The van der Waals surface area contributed by atoms with Gasteiger partial charge in [-0.25, -0.2) is 4.79 Å². The number of ether oxygens (including phenoxy) is 2. The lowest BCUT2D eigenvalue weighted by molar-refractivity contribution is 0.00495. The zero-order valence-electron chi connectivity index (χ0n) is 10.8. The van der Waals surface area contributed by atoms with Gasteiger partial charge in [-0.1, -0.05) is 36.8 Å². The number of benzene rings is 1. The molecule has 3 nitrogen and oxygen atoms in total. The van der Waals surface area contributed by atoms with Gasteiger partial charge in [0.25, 0.3) is 0 Å². The lowest BCUT2D eigenvalue weighted by Gasteiger charge is -2.31. The molecule has 0 unspecified atom stereocenters. The van der Waals surface area contributed by atoms with Gasteiger partial charge in [0.2, 0.25) is 0 Å². The third-order valence-electron chi connectivity index (χ3n) is 3.44. The van der Waals surface area contributed by atoms with Crippen LogP contribution in [-0.2, 0) is 9.47 Å². The largest absolute Gasteiger partial charge is 0.508 e. The van der Waals surface area contributed by atoms with E-state index in [2.05, 4.69) is 12.1 Å². The van der Waals surface area contributed by atoms with E-state index in [0.717, 1.165) is 19.3 Å². The Kier molecular flexibility index (Phi) is 4.62. The monoisotopic (exact) mass is 248 g/mol. The van der Waals surface area contributed by atoms with Gasteiger partial charge in [-0.15, -0.1) is 0 Å². The van der Waals surface area contributed by atoms with E-state index >= 15 is 0 Å². The third-order valence-corrected chi connectivity index (χ3v) is 3.44. The molecule has 0 saturated heterocycles. The summed E-state index contributed by atoms with van der Waals surface area (Å²) in [6, 6.07) is 10.3. The van der Waals surface area contributed by atoms with Gasteiger partial charge in [0.15, 0.2) is 0 Å². The molecular weight excluding hydrogens is 228 g/mol. The first kappa shape index (κ1) is 12.9. The summed E-state index contributed by atoms with van der Waals surface area (Å²) >= 11 is 0. The predicted octanol–water partition coefficient (Wildman–Crippen LogP) is 3.89. The molecule has 1 aliphatic rings. The molecule has 0 aromatic heterocycles. The van der Waals surface area contributed by atoms with Crippen LogP contribution in [0.4, 0.5) is 4.79 Å². The Bertz CT molecular complexity index is 375. The Balaban J connectivity index is 2.04. The van der Waals surface area contributed by atoms with E-state index in [9.17, 15) is 4.79 Å². The number of rotatable bonds is 3. The number of carbonyl (C=O) groups excluding carboxylic acids is 1. The van der Waals surface area contributed by atoms with E-state index in [-0.39, 0.29) is 6.10 Å². The van der Waals surface area contributed by atoms with Crippen LogP contribution in [0.2, 0.25) is 0 Å². The number of hydrogen-bond donors (Lipinski definition) is 0. The van der Waals surface area contributed by atoms with E-state index in [4.69, 9.17) is 9.47 Å². The van der Waals surface area contributed by atoms with Crippen LogP contribution in [-0.4, -0.2) is 18.9 Å². The number of hydrogen-bond acceptors (Lipinski definition) is 3. The van der Waals surface area contributed by atoms with Crippen molar-refractivity contribution < 1.29 is 14.3 Å². The van der Waals surface area contributed by atoms with Crippen molar-refractivity contribution in [2.45, 2.75) is 44.6 Å². The highest BCUT2D eigenvalue weighted by Gasteiger charge is 2.29. The summed E-state index contributed by atoms with van der Waals surface area (Å²) in [5.41, 5.74) is 1.26. The topological polar surface area (TPSA) is 35.5 Å². The Morgan fingerprint density at radius 3 is 2.67 bits per heavy atom. The van der Waals surface area contributed by atoms with Gasteiger partial charge in [-0.3, -0.25) is 0 Å². The maximum atomic E-state index is 11.4. The molecule has 0 heterocycles. The minimum atomic E-state index is -0.537. The van der Waals surface area contributed by atoms with Crippen molar-refractivity contribution in [1.82, 2.24) is 0 Å². The van der Waals surface area contributed by atoms with Crippen LogP contribution >= 0.6 is 0 Å². The van der Waals surface area contributed by atoms with Crippen LogP contribution in [0, 0.1) is 0 Å². The highest BCUT2D eigenvalue weighted by Crippen LogP contribution is 2.35. The van der Waals surface area contributed by atoms with Crippen LogP contribution in [0.3, 0.4) is 0 Å². The molecule has 0 radical (unpaired) electrons. The van der Waals surface area contributed by atoms with E-state index < -0.39 is 6.16 Å². The predicted molar refractivity (Wildman–Crippen MR) is 69.5 cm³/mol. The summed E-state index contributed by atoms with van der Waals surface area (Å²) < 4.78 is 10.3. The molecule has 18 heavy (non-hydrogen) atoms. The molecule has 98 valence electrons. The molecule has 1 fully saturated rings. The van der Waals surface area contributed by atoms with E-state index in [1.54, 1.807) is 6.92 Å². The summed E-state index contributed by atoms with van der Waals surface area (Å²) in [4.78, 5) is 11.4. The van der Waals surface area contributed by atoms with Crippen LogP contribution in [0.25, 0.3) is 0 Å². The molecule has 2 atom stereocenters. The van der Waals surface area contributed by atoms with Gasteiger partial charge < -0.3 is 9.47 Å². The van der Waals surface area contributed by atoms with Crippen molar-refractivity contribution in [3.63, 3.8) is 0 Å². The Morgan fingerprint density at radius 1 is 1.22 bits per heavy atom. The van der Waals surface area contributed by atoms with Gasteiger partial charge in [0, 0.05) is 5.92 Å². The average molecular weight is 248 g/mol. The van der Waals surface area contributed by atoms with Gasteiger partial charge >= 0.3 is 6.16 Å². The molecule has 0 amide bonds. The lowest BCUT2D eigenvalue weighted by Crippen LogP contribution is -2.29. The molecule has 0 aliphatic heterocycles. The van der Waals surface area contributed by atoms with Crippen LogP contribution in [0.1, 0.15) is 44.1 Å². The van der Waals surface area contributed by atoms with E-state index in [1.165, 1.54) is 12.0 Å². The van der Waals surface area contributed by atoms with Crippen molar-refractivity contribution >= 4 is 6.16 Å². The molecule has 0 bridgehead atoms. The van der Waals surface area contributed by atoms with Gasteiger partial charge in [-0.2, -0.15) is 0 Å². The molecule has 1 aromatic rings. The fraction of sp³-hybridized carbons (Fsp3) is 0.533. The minimum Gasteiger partial charge on any atom is -0.435 e. The van der Waals surface area contributed by atoms with Crippen molar-refractivity contribution in [3.8, 4) is 0 Å². The van der Waals surface area contributed by atoms with Crippen LogP contribution < -0.4 is 0 Å². The lowest BCUT2D eigenvalue weighted by atomic mass is 9.81.